The van der Waals surface area contributed by atoms with Crippen molar-refractivity contribution in [3.8, 4) is 0 Å². The number of hydrogen-bond donors (Lipinski definition) is 1. The van der Waals surface area contributed by atoms with Crippen molar-refractivity contribution in [2.24, 2.45) is 22.7 Å². The molecule has 2 heteroatoms. The van der Waals surface area contributed by atoms with Gasteiger partial charge >= 0.3 is 0 Å². The SMILES string of the molecule is C=C(CC/C=C(\C)CCC=C(C)C)C1CC[C@@H]2[C@@]3(C)CC[C@@H](O)C(C)(C)O[C@@H]3CC[C@@]12C. The Kier molecular flexibility index (Phi) is 7.88. The van der Waals surface area contributed by atoms with Crippen LogP contribution in [0.1, 0.15) is 113 Å². The second-order valence-electron chi connectivity index (χ2n) is 12.6. The molecule has 2 aliphatic carbocycles. The Labute approximate surface area is 198 Å². The van der Waals surface area contributed by atoms with Crippen LogP contribution in [0.2, 0.25) is 0 Å². The Morgan fingerprint density at radius 2 is 1.56 bits per heavy atom. The summed E-state index contributed by atoms with van der Waals surface area (Å²) in [6.07, 6.45) is 16.1. The molecule has 1 N–H and O–H groups in total. The fraction of sp³-hybridized carbons (Fsp3) is 0.800. The number of aliphatic hydroxyl groups excluding tert-OH is 1. The van der Waals surface area contributed by atoms with E-state index in [9.17, 15) is 5.11 Å². The standard InChI is InChI=1S/C30H50O2/c1-21(2)11-9-12-22(3)13-10-14-23(4)24-15-16-25-29(24,7)20-18-27-30(25,8)19-17-26(31)28(5,6)32-27/h11,13,24-27,31H,4,9-10,12,14-20H2,1-3,5-8H3/b22-13+/t24?,25-,26+,27+,29-,30+/m0/s1. The highest BCUT2D eigenvalue weighted by atomic mass is 16.5. The zero-order chi connectivity index (χ0) is 23.7. The number of rotatable bonds is 7. The molecule has 32 heavy (non-hydrogen) atoms. The number of ether oxygens (including phenoxy) is 1. The summed E-state index contributed by atoms with van der Waals surface area (Å²) in [6.45, 7) is 20.4. The van der Waals surface area contributed by atoms with Crippen molar-refractivity contribution < 1.29 is 9.84 Å². The molecule has 182 valence electrons. The molecule has 0 aromatic heterocycles. The van der Waals surface area contributed by atoms with Crippen LogP contribution in [-0.2, 0) is 4.74 Å². The van der Waals surface area contributed by atoms with Crippen molar-refractivity contribution >= 4 is 0 Å². The molecule has 6 atom stereocenters. The molecule has 1 unspecified atom stereocenters. The van der Waals surface area contributed by atoms with E-state index in [2.05, 4.69) is 67.2 Å². The van der Waals surface area contributed by atoms with Gasteiger partial charge in [-0.15, -0.1) is 0 Å². The molecule has 3 fully saturated rings. The maximum Gasteiger partial charge on any atom is 0.0888 e. The lowest BCUT2D eigenvalue weighted by Gasteiger charge is -2.55. The van der Waals surface area contributed by atoms with Gasteiger partial charge in [-0.25, -0.2) is 0 Å². The van der Waals surface area contributed by atoms with Crippen LogP contribution in [0.5, 0.6) is 0 Å². The minimum Gasteiger partial charge on any atom is -0.390 e. The van der Waals surface area contributed by atoms with Crippen LogP contribution in [0.25, 0.3) is 0 Å². The fourth-order valence-corrected chi connectivity index (χ4v) is 7.47. The first kappa shape index (κ1) is 25.8. The molecule has 3 rings (SSSR count). The number of allylic oxidation sites excluding steroid dienone is 5. The highest BCUT2D eigenvalue weighted by molar-refractivity contribution is 5.18. The molecular weight excluding hydrogens is 392 g/mol. The molecule has 0 aromatic rings. The van der Waals surface area contributed by atoms with Gasteiger partial charge in [-0.2, -0.15) is 0 Å². The third kappa shape index (κ3) is 5.12. The van der Waals surface area contributed by atoms with E-state index in [1.54, 1.807) is 0 Å². The monoisotopic (exact) mass is 442 g/mol. The minimum atomic E-state index is -0.437. The lowest BCUT2D eigenvalue weighted by atomic mass is 9.52. The molecule has 0 radical (unpaired) electrons. The minimum absolute atomic E-state index is 0.165. The maximum atomic E-state index is 10.7. The van der Waals surface area contributed by atoms with E-state index in [4.69, 9.17) is 4.74 Å². The van der Waals surface area contributed by atoms with Gasteiger partial charge in [0, 0.05) is 0 Å². The lowest BCUT2D eigenvalue weighted by molar-refractivity contribution is -0.186. The second-order valence-corrected chi connectivity index (χ2v) is 12.6. The molecule has 0 amide bonds. The number of aliphatic hydroxyl groups is 1. The molecule has 2 nitrogen and oxygen atoms in total. The molecule has 1 saturated heterocycles. The molecule has 0 bridgehead atoms. The zero-order valence-electron chi connectivity index (χ0n) is 22.1. The third-order valence-electron chi connectivity index (χ3n) is 9.56. The van der Waals surface area contributed by atoms with E-state index >= 15 is 0 Å². The van der Waals surface area contributed by atoms with Gasteiger partial charge in [0.2, 0.25) is 0 Å². The summed E-state index contributed by atoms with van der Waals surface area (Å²) in [5.41, 5.74) is 4.45. The van der Waals surface area contributed by atoms with Crippen molar-refractivity contribution in [3.05, 3.63) is 35.5 Å². The van der Waals surface area contributed by atoms with Gasteiger partial charge in [0.05, 0.1) is 17.8 Å². The molecule has 3 aliphatic rings. The highest BCUT2D eigenvalue weighted by Crippen LogP contribution is 2.66. The summed E-state index contributed by atoms with van der Waals surface area (Å²) in [5, 5.41) is 10.7. The van der Waals surface area contributed by atoms with Crippen molar-refractivity contribution in [2.45, 2.75) is 130 Å². The first-order chi connectivity index (χ1) is 14.9. The van der Waals surface area contributed by atoms with Crippen molar-refractivity contribution in [1.82, 2.24) is 0 Å². The van der Waals surface area contributed by atoms with Crippen LogP contribution < -0.4 is 0 Å². The Hall–Kier alpha value is -0.860. The Morgan fingerprint density at radius 3 is 2.25 bits per heavy atom. The molecule has 1 heterocycles. The van der Waals surface area contributed by atoms with E-state index in [0.29, 0.717) is 17.3 Å². The average molecular weight is 443 g/mol. The number of hydrogen-bond acceptors (Lipinski definition) is 2. The van der Waals surface area contributed by atoms with Gasteiger partial charge in [0.15, 0.2) is 0 Å². The lowest BCUT2D eigenvalue weighted by Crippen LogP contribution is -2.52. The van der Waals surface area contributed by atoms with Gasteiger partial charge in [-0.05, 0) is 121 Å². The second kappa shape index (κ2) is 9.79. The van der Waals surface area contributed by atoms with Crippen LogP contribution in [0.3, 0.4) is 0 Å². The first-order valence-electron chi connectivity index (χ1n) is 13.2. The van der Waals surface area contributed by atoms with Crippen LogP contribution in [0, 0.1) is 22.7 Å². The first-order valence-corrected chi connectivity index (χ1v) is 13.2. The highest BCUT2D eigenvalue weighted by Gasteiger charge is 2.61. The van der Waals surface area contributed by atoms with Gasteiger partial charge < -0.3 is 9.84 Å². The van der Waals surface area contributed by atoms with Crippen LogP contribution in [0.15, 0.2) is 35.5 Å². The van der Waals surface area contributed by atoms with Crippen LogP contribution in [0.4, 0.5) is 0 Å². The van der Waals surface area contributed by atoms with E-state index in [-0.39, 0.29) is 17.6 Å². The van der Waals surface area contributed by atoms with Gasteiger partial charge in [-0.3, -0.25) is 0 Å². The summed E-state index contributed by atoms with van der Waals surface area (Å²) in [4.78, 5) is 0. The van der Waals surface area contributed by atoms with E-state index < -0.39 is 5.60 Å². The molecule has 0 aromatic carbocycles. The van der Waals surface area contributed by atoms with Crippen LogP contribution in [-0.4, -0.2) is 22.9 Å². The number of fused-ring (bicyclic) bond motifs is 3. The van der Waals surface area contributed by atoms with Crippen molar-refractivity contribution in [2.75, 3.05) is 0 Å². The van der Waals surface area contributed by atoms with Gasteiger partial charge in [0.1, 0.15) is 0 Å². The summed E-state index contributed by atoms with van der Waals surface area (Å²) in [5.74, 6) is 1.30. The van der Waals surface area contributed by atoms with Gasteiger partial charge in [-0.1, -0.05) is 49.3 Å². The predicted octanol–water partition coefficient (Wildman–Crippen LogP) is 8.17. The quantitative estimate of drug-likeness (QED) is 0.403. The molecule has 2 saturated carbocycles. The topological polar surface area (TPSA) is 29.5 Å². The molecule has 1 aliphatic heterocycles. The Morgan fingerprint density at radius 1 is 0.906 bits per heavy atom. The normalized spacial score (nSPS) is 39.1. The molecular formula is C30H50O2. The fourth-order valence-electron chi connectivity index (χ4n) is 7.47. The largest absolute Gasteiger partial charge is 0.390 e. The van der Waals surface area contributed by atoms with Crippen molar-refractivity contribution in [1.29, 1.82) is 0 Å². The zero-order valence-corrected chi connectivity index (χ0v) is 22.1. The summed E-state index contributed by atoms with van der Waals surface area (Å²) in [6, 6.07) is 0. The van der Waals surface area contributed by atoms with E-state index in [0.717, 1.165) is 38.5 Å². The summed E-state index contributed by atoms with van der Waals surface area (Å²) < 4.78 is 6.62. The molecule has 0 spiro atoms. The Balaban J connectivity index is 1.64. The summed E-state index contributed by atoms with van der Waals surface area (Å²) >= 11 is 0. The van der Waals surface area contributed by atoms with Crippen LogP contribution >= 0.6 is 0 Å². The predicted molar refractivity (Wildman–Crippen MR) is 137 cm³/mol. The van der Waals surface area contributed by atoms with Crippen molar-refractivity contribution in [3.63, 3.8) is 0 Å². The maximum absolute atomic E-state index is 10.7. The average Bonchev–Trinajstić information content (AvgIpc) is 3.02. The Bertz CT molecular complexity index is 740. The van der Waals surface area contributed by atoms with E-state index in [1.807, 2.05) is 0 Å². The smallest absolute Gasteiger partial charge is 0.0888 e. The third-order valence-corrected chi connectivity index (χ3v) is 9.56. The van der Waals surface area contributed by atoms with E-state index in [1.165, 1.54) is 42.4 Å². The van der Waals surface area contributed by atoms with Gasteiger partial charge in [0.25, 0.3) is 0 Å². The summed E-state index contributed by atoms with van der Waals surface area (Å²) in [7, 11) is 0.